The number of hydrogen-bond donors (Lipinski definition) is 1. The van der Waals surface area contributed by atoms with Gasteiger partial charge in [-0.25, -0.2) is 9.97 Å². The molecule has 0 spiro atoms. The minimum atomic E-state index is 0.647. The number of hydrogen-bond acceptors (Lipinski definition) is 5. The highest BCUT2D eigenvalue weighted by Gasteiger charge is 2.08. The van der Waals surface area contributed by atoms with Crippen molar-refractivity contribution in [1.29, 1.82) is 0 Å². The van der Waals surface area contributed by atoms with Crippen LogP contribution in [-0.4, -0.2) is 40.5 Å². The number of pyridine rings is 1. The summed E-state index contributed by atoms with van der Waals surface area (Å²) in [6.45, 7) is 1.66. The van der Waals surface area contributed by atoms with E-state index in [4.69, 9.17) is 0 Å². The second-order valence-electron chi connectivity index (χ2n) is 7.36. The molecule has 5 heteroatoms. The van der Waals surface area contributed by atoms with E-state index in [0.29, 0.717) is 5.95 Å². The molecule has 146 valence electrons. The fourth-order valence-electron chi connectivity index (χ4n) is 3.41. The van der Waals surface area contributed by atoms with Gasteiger partial charge >= 0.3 is 0 Å². The Morgan fingerprint density at radius 1 is 0.931 bits per heavy atom. The van der Waals surface area contributed by atoms with E-state index < -0.39 is 0 Å². The molecule has 0 fully saturated rings. The van der Waals surface area contributed by atoms with Gasteiger partial charge in [0.15, 0.2) is 0 Å². The summed E-state index contributed by atoms with van der Waals surface area (Å²) in [6, 6.07) is 20.9. The summed E-state index contributed by atoms with van der Waals surface area (Å²) >= 11 is 0. The molecule has 0 bridgehead atoms. The first-order valence-corrected chi connectivity index (χ1v) is 9.82. The van der Waals surface area contributed by atoms with E-state index in [1.165, 1.54) is 16.7 Å². The van der Waals surface area contributed by atoms with Gasteiger partial charge in [-0.2, -0.15) is 0 Å². The van der Waals surface area contributed by atoms with E-state index in [2.05, 4.69) is 81.7 Å². The molecule has 4 aromatic rings. The first-order valence-electron chi connectivity index (χ1n) is 9.82. The highest BCUT2D eigenvalue weighted by atomic mass is 15.1. The van der Waals surface area contributed by atoms with Gasteiger partial charge in [-0.1, -0.05) is 36.4 Å². The highest BCUT2D eigenvalue weighted by molar-refractivity contribution is 5.85. The summed E-state index contributed by atoms with van der Waals surface area (Å²) in [4.78, 5) is 15.7. The van der Waals surface area contributed by atoms with Crippen molar-refractivity contribution in [2.24, 2.45) is 0 Å². The van der Waals surface area contributed by atoms with Gasteiger partial charge in [0.1, 0.15) is 0 Å². The molecular weight excluding hydrogens is 358 g/mol. The minimum absolute atomic E-state index is 0.647. The van der Waals surface area contributed by atoms with Crippen LogP contribution >= 0.6 is 0 Å². The second-order valence-corrected chi connectivity index (χ2v) is 7.36. The summed E-state index contributed by atoms with van der Waals surface area (Å²) < 4.78 is 0. The molecule has 0 unspecified atom stereocenters. The van der Waals surface area contributed by atoms with Crippen molar-refractivity contribution in [3.63, 3.8) is 0 Å². The maximum atomic E-state index is 4.66. The molecule has 0 radical (unpaired) electrons. The van der Waals surface area contributed by atoms with Crippen LogP contribution in [0, 0.1) is 0 Å². The second kappa shape index (κ2) is 8.80. The number of rotatable bonds is 7. The molecule has 0 aliphatic rings. The predicted molar refractivity (Wildman–Crippen MR) is 119 cm³/mol. The van der Waals surface area contributed by atoms with Crippen molar-refractivity contribution >= 4 is 16.9 Å². The van der Waals surface area contributed by atoms with Crippen LogP contribution < -0.4 is 5.32 Å². The van der Waals surface area contributed by atoms with E-state index >= 15 is 0 Å². The lowest BCUT2D eigenvalue weighted by atomic mass is 9.98. The van der Waals surface area contributed by atoms with Crippen molar-refractivity contribution in [3.8, 4) is 11.1 Å². The molecule has 0 aliphatic heterocycles. The quantitative estimate of drug-likeness (QED) is 0.512. The van der Waals surface area contributed by atoms with Gasteiger partial charge in [0, 0.05) is 43.0 Å². The average molecular weight is 383 g/mol. The van der Waals surface area contributed by atoms with Crippen LogP contribution in [0.25, 0.3) is 22.0 Å². The largest absolute Gasteiger partial charge is 0.354 e. The minimum Gasteiger partial charge on any atom is -0.354 e. The van der Waals surface area contributed by atoms with E-state index in [0.717, 1.165) is 36.1 Å². The van der Waals surface area contributed by atoms with Crippen LogP contribution in [0.3, 0.4) is 0 Å². The molecule has 2 aromatic heterocycles. The predicted octanol–water partition coefficient (Wildman–Crippen LogP) is 4.41. The number of fused-ring (bicyclic) bond motifs is 1. The van der Waals surface area contributed by atoms with E-state index in [1.54, 1.807) is 0 Å². The zero-order valence-corrected chi connectivity index (χ0v) is 16.8. The Kier molecular flexibility index (Phi) is 5.77. The number of benzene rings is 2. The van der Waals surface area contributed by atoms with Gasteiger partial charge in [-0.15, -0.1) is 0 Å². The number of anilines is 1. The third-order valence-electron chi connectivity index (χ3n) is 4.79. The first-order chi connectivity index (χ1) is 14.2. The molecular formula is C24H25N5. The van der Waals surface area contributed by atoms with E-state index in [-0.39, 0.29) is 0 Å². The molecule has 0 atom stereocenters. The summed E-state index contributed by atoms with van der Waals surface area (Å²) in [5.41, 5.74) is 5.75. The third-order valence-corrected chi connectivity index (χ3v) is 4.79. The molecule has 0 saturated heterocycles. The zero-order valence-electron chi connectivity index (χ0n) is 16.8. The van der Waals surface area contributed by atoms with Gasteiger partial charge in [0.05, 0.1) is 5.52 Å². The molecule has 0 saturated carbocycles. The average Bonchev–Trinajstić information content (AvgIpc) is 2.74. The Balaban J connectivity index is 1.52. The number of aromatic nitrogens is 3. The maximum Gasteiger partial charge on any atom is 0.223 e. The topological polar surface area (TPSA) is 53.9 Å². The van der Waals surface area contributed by atoms with Crippen molar-refractivity contribution < 1.29 is 0 Å². The van der Waals surface area contributed by atoms with E-state index in [9.17, 15) is 0 Å². The van der Waals surface area contributed by atoms with Crippen LogP contribution in [-0.2, 0) is 13.0 Å². The van der Waals surface area contributed by atoms with Crippen molar-refractivity contribution in [2.45, 2.75) is 13.0 Å². The van der Waals surface area contributed by atoms with Gasteiger partial charge in [-0.3, -0.25) is 4.98 Å². The Morgan fingerprint density at radius 3 is 2.62 bits per heavy atom. The Labute approximate surface area is 171 Å². The zero-order chi connectivity index (χ0) is 20.1. The maximum absolute atomic E-state index is 4.66. The fraction of sp³-hybridized carbons (Fsp3) is 0.208. The first kappa shape index (κ1) is 19.0. The monoisotopic (exact) mass is 383 g/mol. The molecule has 2 aromatic carbocycles. The molecule has 0 amide bonds. The lowest BCUT2D eigenvalue weighted by Crippen LogP contribution is -2.11. The van der Waals surface area contributed by atoms with E-state index in [1.807, 2.05) is 30.6 Å². The fourth-order valence-corrected chi connectivity index (χ4v) is 3.41. The van der Waals surface area contributed by atoms with Crippen LogP contribution in [0.15, 0.2) is 73.1 Å². The Hall–Kier alpha value is -3.31. The molecule has 2 heterocycles. The van der Waals surface area contributed by atoms with Crippen molar-refractivity contribution in [3.05, 3.63) is 84.3 Å². The van der Waals surface area contributed by atoms with Crippen molar-refractivity contribution in [2.75, 3.05) is 26.0 Å². The molecule has 4 rings (SSSR count). The summed E-state index contributed by atoms with van der Waals surface area (Å²) in [7, 11) is 4.18. The normalized spacial score (nSPS) is 11.1. The lowest BCUT2D eigenvalue weighted by Gasteiger charge is -2.14. The highest BCUT2D eigenvalue weighted by Crippen LogP contribution is 2.27. The Bertz CT molecular complexity index is 1090. The molecule has 0 aliphatic carbocycles. The molecule has 5 nitrogen and oxygen atoms in total. The lowest BCUT2D eigenvalue weighted by molar-refractivity contribution is 0.403. The van der Waals surface area contributed by atoms with Gasteiger partial charge < -0.3 is 10.2 Å². The van der Waals surface area contributed by atoms with Gasteiger partial charge in [0.2, 0.25) is 5.95 Å². The standard InChI is InChI=1S/C24H25N5/c1-29(2)17-19-7-3-4-9-22(19)18-10-11-23-20(15-18)16-27-24(28-23)26-14-12-21-8-5-6-13-25-21/h3-11,13,15-16H,12,14,17H2,1-2H3,(H,26,27,28). The van der Waals surface area contributed by atoms with Crippen LogP contribution in [0.1, 0.15) is 11.3 Å². The van der Waals surface area contributed by atoms with Crippen LogP contribution in [0.2, 0.25) is 0 Å². The van der Waals surface area contributed by atoms with Crippen molar-refractivity contribution in [1.82, 2.24) is 19.9 Å². The number of nitrogens with zero attached hydrogens (tertiary/aromatic N) is 4. The molecule has 1 N–H and O–H groups in total. The summed E-state index contributed by atoms with van der Waals surface area (Å²) in [5, 5.41) is 4.33. The Morgan fingerprint density at radius 2 is 1.79 bits per heavy atom. The summed E-state index contributed by atoms with van der Waals surface area (Å²) in [5.74, 6) is 0.647. The summed E-state index contributed by atoms with van der Waals surface area (Å²) in [6.07, 6.45) is 4.55. The van der Waals surface area contributed by atoms with Gasteiger partial charge in [-0.05, 0) is 55.1 Å². The van der Waals surface area contributed by atoms with Gasteiger partial charge in [0.25, 0.3) is 0 Å². The van der Waals surface area contributed by atoms with Crippen LogP contribution in [0.4, 0.5) is 5.95 Å². The van der Waals surface area contributed by atoms with Crippen LogP contribution in [0.5, 0.6) is 0 Å². The third kappa shape index (κ3) is 4.76. The number of nitrogens with one attached hydrogen (secondary N) is 1. The SMILES string of the molecule is CN(C)Cc1ccccc1-c1ccc2nc(NCCc3ccccn3)ncc2c1. The smallest absolute Gasteiger partial charge is 0.223 e. The molecule has 29 heavy (non-hydrogen) atoms.